The highest BCUT2D eigenvalue weighted by Gasteiger charge is 2.06. The van der Waals surface area contributed by atoms with Crippen LogP contribution in [0.3, 0.4) is 0 Å². The Kier molecular flexibility index (Phi) is 7.82. The first-order chi connectivity index (χ1) is 8.99. The van der Waals surface area contributed by atoms with Gasteiger partial charge in [0.2, 0.25) is 0 Å². The fourth-order valence-electron chi connectivity index (χ4n) is 2.01. The number of rotatable bonds is 8. The fraction of sp³-hybridized carbons (Fsp3) is 0.625. The van der Waals surface area contributed by atoms with Gasteiger partial charge in [0.25, 0.3) is 0 Å². The minimum absolute atomic E-state index is 0.708. The predicted molar refractivity (Wildman–Crippen MR) is 86.3 cm³/mol. The number of hydrogen-bond donors (Lipinski definition) is 1. The number of benzene rings is 1. The van der Waals surface area contributed by atoms with E-state index in [1.165, 1.54) is 18.4 Å². The van der Waals surface area contributed by atoms with Crippen molar-refractivity contribution in [2.45, 2.75) is 40.0 Å². The topological polar surface area (TPSA) is 12.0 Å². The molecule has 1 aromatic rings. The van der Waals surface area contributed by atoms with Crippen LogP contribution in [0.1, 0.15) is 39.2 Å². The maximum atomic E-state index is 6.18. The van der Waals surface area contributed by atoms with E-state index in [4.69, 9.17) is 23.2 Å². The Hall–Kier alpha value is -0.240. The molecule has 0 aliphatic heterocycles. The molecular formula is C16H25Cl2N. The lowest BCUT2D eigenvalue weighted by Crippen LogP contribution is -2.22. The highest BCUT2D eigenvalue weighted by molar-refractivity contribution is 6.35. The van der Waals surface area contributed by atoms with E-state index in [0.717, 1.165) is 30.5 Å². The van der Waals surface area contributed by atoms with Crippen molar-refractivity contribution in [2.75, 3.05) is 13.1 Å². The Morgan fingerprint density at radius 3 is 2.47 bits per heavy atom. The van der Waals surface area contributed by atoms with Gasteiger partial charge in [-0.1, -0.05) is 50.0 Å². The van der Waals surface area contributed by atoms with Crippen LogP contribution in [-0.4, -0.2) is 13.1 Å². The Morgan fingerprint density at radius 1 is 1.11 bits per heavy atom. The standard InChI is InChI=1S/C16H25Cl2N/c1-12(2)11-19-9-8-13(3)4-5-14-6-7-15(17)10-16(14)18/h6-7,10,12-13,19H,4-5,8-9,11H2,1-3H3. The molecule has 0 aromatic heterocycles. The second kappa shape index (κ2) is 8.84. The molecule has 0 radical (unpaired) electrons. The van der Waals surface area contributed by atoms with Crippen LogP contribution in [0.4, 0.5) is 0 Å². The molecule has 1 N–H and O–H groups in total. The van der Waals surface area contributed by atoms with Crippen molar-refractivity contribution < 1.29 is 0 Å². The molecule has 0 amide bonds. The molecule has 1 nitrogen and oxygen atoms in total. The van der Waals surface area contributed by atoms with Gasteiger partial charge in [0.1, 0.15) is 0 Å². The number of nitrogens with one attached hydrogen (secondary N) is 1. The van der Waals surface area contributed by atoms with Crippen LogP contribution in [0, 0.1) is 11.8 Å². The van der Waals surface area contributed by atoms with Gasteiger partial charge in [-0.3, -0.25) is 0 Å². The molecular weight excluding hydrogens is 277 g/mol. The van der Waals surface area contributed by atoms with Gasteiger partial charge >= 0.3 is 0 Å². The molecule has 1 atom stereocenters. The molecule has 1 rings (SSSR count). The van der Waals surface area contributed by atoms with E-state index in [9.17, 15) is 0 Å². The van der Waals surface area contributed by atoms with Crippen molar-refractivity contribution in [1.82, 2.24) is 5.32 Å². The molecule has 108 valence electrons. The second-order valence-corrected chi connectivity index (χ2v) is 6.61. The minimum atomic E-state index is 0.708. The third-order valence-corrected chi connectivity index (χ3v) is 3.88. The van der Waals surface area contributed by atoms with Gasteiger partial charge in [-0.25, -0.2) is 0 Å². The average molecular weight is 302 g/mol. The normalized spacial score (nSPS) is 12.9. The Bertz CT molecular complexity index is 377. The predicted octanol–water partition coefficient (Wildman–Crippen LogP) is 5.20. The molecule has 0 spiro atoms. The first kappa shape index (κ1) is 16.8. The summed E-state index contributed by atoms with van der Waals surface area (Å²) in [5.41, 5.74) is 1.20. The van der Waals surface area contributed by atoms with Gasteiger partial charge < -0.3 is 5.32 Å². The van der Waals surface area contributed by atoms with Crippen LogP contribution in [-0.2, 0) is 6.42 Å². The summed E-state index contributed by atoms with van der Waals surface area (Å²) in [6.45, 7) is 8.99. The van der Waals surface area contributed by atoms with E-state index in [1.54, 1.807) is 0 Å². The first-order valence-electron chi connectivity index (χ1n) is 7.13. The highest BCUT2D eigenvalue weighted by Crippen LogP contribution is 2.23. The third-order valence-electron chi connectivity index (χ3n) is 3.29. The van der Waals surface area contributed by atoms with Gasteiger partial charge in [0.15, 0.2) is 0 Å². The van der Waals surface area contributed by atoms with E-state index in [-0.39, 0.29) is 0 Å². The smallest absolute Gasteiger partial charge is 0.0452 e. The molecule has 0 saturated heterocycles. The van der Waals surface area contributed by atoms with Crippen LogP contribution in [0.25, 0.3) is 0 Å². The maximum absolute atomic E-state index is 6.18. The average Bonchev–Trinajstić information content (AvgIpc) is 2.33. The maximum Gasteiger partial charge on any atom is 0.0452 e. The second-order valence-electron chi connectivity index (χ2n) is 5.77. The fourth-order valence-corrected chi connectivity index (χ4v) is 2.51. The van der Waals surface area contributed by atoms with Gasteiger partial charge in [0, 0.05) is 10.0 Å². The van der Waals surface area contributed by atoms with E-state index < -0.39 is 0 Å². The lowest BCUT2D eigenvalue weighted by atomic mass is 9.98. The van der Waals surface area contributed by atoms with Gasteiger partial charge in [-0.15, -0.1) is 0 Å². The number of halogens is 2. The lowest BCUT2D eigenvalue weighted by Gasteiger charge is -2.13. The summed E-state index contributed by atoms with van der Waals surface area (Å²) in [6.07, 6.45) is 3.42. The third kappa shape index (κ3) is 7.20. The highest BCUT2D eigenvalue weighted by atomic mass is 35.5. The summed E-state index contributed by atoms with van der Waals surface area (Å²) in [5.74, 6) is 1.44. The van der Waals surface area contributed by atoms with Crippen LogP contribution in [0.2, 0.25) is 10.0 Å². The molecule has 0 fully saturated rings. The van der Waals surface area contributed by atoms with Crippen molar-refractivity contribution in [2.24, 2.45) is 11.8 Å². The molecule has 0 bridgehead atoms. The molecule has 1 aromatic carbocycles. The first-order valence-corrected chi connectivity index (χ1v) is 7.89. The Balaban J connectivity index is 2.24. The van der Waals surface area contributed by atoms with Gasteiger partial charge in [-0.2, -0.15) is 0 Å². The summed E-state index contributed by atoms with van der Waals surface area (Å²) in [5, 5.41) is 4.99. The van der Waals surface area contributed by atoms with Crippen LogP contribution in [0.5, 0.6) is 0 Å². The van der Waals surface area contributed by atoms with E-state index in [2.05, 4.69) is 26.1 Å². The molecule has 0 aliphatic carbocycles. The van der Waals surface area contributed by atoms with E-state index >= 15 is 0 Å². The van der Waals surface area contributed by atoms with Crippen LogP contribution in [0.15, 0.2) is 18.2 Å². The molecule has 0 aliphatic rings. The molecule has 0 heterocycles. The lowest BCUT2D eigenvalue weighted by molar-refractivity contribution is 0.454. The van der Waals surface area contributed by atoms with E-state index in [0.29, 0.717) is 10.9 Å². The van der Waals surface area contributed by atoms with E-state index in [1.807, 2.05) is 18.2 Å². The molecule has 3 heteroatoms. The van der Waals surface area contributed by atoms with Gasteiger partial charge in [-0.05, 0) is 61.9 Å². The quantitative estimate of drug-likeness (QED) is 0.651. The minimum Gasteiger partial charge on any atom is -0.316 e. The molecule has 1 unspecified atom stereocenters. The Morgan fingerprint density at radius 2 is 1.84 bits per heavy atom. The zero-order valence-corrected chi connectivity index (χ0v) is 13.7. The SMILES string of the molecule is CC(C)CNCCC(C)CCc1ccc(Cl)cc1Cl. The van der Waals surface area contributed by atoms with Crippen molar-refractivity contribution in [3.8, 4) is 0 Å². The van der Waals surface area contributed by atoms with Crippen molar-refractivity contribution in [3.63, 3.8) is 0 Å². The summed E-state index contributed by atoms with van der Waals surface area (Å²) in [6, 6.07) is 5.78. The number of hydrogen-bond acceptors (Lipinski definition) is 1. The largest absolute Gasteiger partial charge is 0.316 e. The molecule has 0 saturated carbocycles. The Labute approximate surface area is 127 Å². The molecule has 19 heavy (non-hydrogen) atoms. The van der Waals surface area contributed by atoms with Crippen molar-refractivity contribution in [1.29, 1.82) is 0 Å². The van der Waals surface area contributed by atoms with Crippen molar-refractivity contribution in [3.05, 3.63) is 33.8 Å². The number of aryl methyl sites for hydroxylation is 1. The van der Waals surface area contributed by atoms with Gasteiger partial charge in [0.05, 0.1) is 0 Å². The zero-order chi connectivity index (χ0) is 14.3. The van der Waals surface area contributed by atoms with Crippen LogP contribution >= 0.6 is 23.2 Å². The summed E-state index contributed by atoms with van der Waals surface area (Å²) in [7, 11) is 0. The summed E-state index contributed by atoms with van der Waals surface area (Å²) >= 11 is 12.1. The summed E-state index contributed by atoms with van der Waals surface area (Å²) < 4.78 is 0. The zero-order valence-electron chi connectivity index (χ0n) is 12.2. The summed E-state index contributed by atoms with van der Waals surface area (Å²) in [4.78, 5) is 0. The monoisotopic (exact) mass is 301 g/mol. The van der Waals surface area contributed by atoms with Crippen molar-refractivity contribution >= 4 is 23.2 Å². The van der Waals surface area contributed by atoms with Crippen LogP contribution < -0.4 is 5.32 Å².